The van der Waals surface area contributed by atoms with Crippen molar-refractivity contribution in [3.8, 4) is 23.0 Å². The highest BCUT2D eigenvalue weighted by molar-refractivity contribution is 5.94. The van der Waals surface area contributed by atoms with Gasteiger partial charge in [-0.2, -0.15) is 0 Å². The van der Waals surface area contributed by atoms with E-state index in [1.165, 1.54) is 6.92 Å². The summed E-state index contributed by atoms with van der Waals surface area (Å²) in [4.78, 5) is 16.2. The van der Waals surface area contributed by atoms with Gasteiger partial charge in [-0.05, 0) is 43.3 Å². The van der Waals surface area contributed by atoms with Crippen molar-refractivity contribution in [3.05, 3.63) is 78.6 Å². The van der Waals surface area contributed by atoms with Gasteiger partial charge in [-0.25, -0.2) is 4.98 Å². The number of hydrogen-bond acceptors (Lipinski definition) is 4. The molecule has 0 unspecified atom stereocenters. The van der Waals surface area contributed by atoms with Crippen LogP contribution in [0.5, 0.6) is 11.5 Å². The SMILES string of the molecule is CC(=O)c1cccc(Oc2cc(-c3ccco3)nc3ccccc23)c1. The minimum atomic E-state index is 0.00121. The maximum absolute atomic E-state index is 11.6. The van der Waals surface area contributed by atoms with Gasteiger partial charge in [0.05, 0.1) is 11.8 Å². The lowest BCUT2D eigenvalue weighted by atomic mass is 10.1. The molecule has 0 radical (unpaired) electrons. The summed E-state index contributed by atoms with van der Waals surface area (Å²) in [5, 5.41) is 0.894. The summed E-state index contributed by atoms with van der Waals surface area (Å²) in [6, 6.07) is 20.4. The molecule has 0 amide bonds. The maximum Gasteiger partial charge on any atom is 0.159 e. The molecular weight excluding hydrogens is 314 g/mol. The number of hydrogen-bond donors (Lipinski definition) is 0. The van der Waals surface area contributed by atoms with Crippen LogP contribution in [0.25, 0.3) is 22.4 Å². The number of ether oxygens (including phenoxy) is 1. The number of carbonyl (C=O) groups is 1. The molecule has 2 aromatic carbocycles. The average Bonchev–Trinajstić information content (AvgIpc) is 3.16. The van der Waals surface area contributed by atoms with E-state index in [-0.39, 0.29) is 5.78 Å². The minimum Gasteiger partial charge on any atom is -0.463 e. The van der Waals surface area contributed by atoms with Gasteiger partial charge in [-0.15, -0.1) is 0 Å². The van der Waals surface area contributed by atoms with E-state index in [1.807, 2.05) is 54.6 Å². The van der Waals surface area contributed by atoms with Gasteiger partial charge in [-0.1, -0.05) is 24.3 Å². The zero-order valence-corrected chi connectivity index (χ0v) is 13.6. The predicted octanol–water partition coefficient (Wildman–Crippen LogP) is 5.49. The highest BCUT2D eigenvalue weighted by atomic mass is 16.5. The normalized spacial score (nSPS) is 10.8. The van der Waals surface area contributed by atoms with Crippen molar-refractivity contribution in [1.29, 1.82) is 0 Å². The van der Waals surface area contributed by atoms with E-state index in [1.54, 1.807) is 18.4 Å². The van der Waals surface area contributed by atoms with Crippen LogP contribution in [0.2, 0.25) is 0 Å². The Labute approximate surface area is 144 Å². The third-order valence-electron chi connectivity index (χ3n) is 3.92. The number of furan rings is 1. The van der Waals surface area contributed by atoms with Crippen LogP contribution in [0, 0.1) is 0 Å². The van der Waals surface area contributed by atoms with Gasteiger partial charge in [0.25, 0.3) is 0 Å². The van der Waals surface area contributed by atoms with Crippen molar-refractivity contribution in [2.24, 2.45) is 0 Å². The number of benzene rings is 2. The predicted molar refractivity (Wildman–Crippen MR) is 96.0 cm³/mol. The van der Waals surface area contributed by atoms with Gasteiger partial charge in [0, 0.05) is 17.0 Å². The largest absolute Gasteiger partial charge is 0.463 e. The van der Waals surface area contributed by atoms with Crippen molar-refractivity contribution in [1.82, 2.24) is 4.98 Å². The maximum atomic E-state index is 11.6. The van der Waals surface area contributed by atoms with Crippen molar-refractivity contribution in [2.75, 3.05) is 0 Å². The molecule has 0 aliphatic carbocycles. The summed E-state index contributed by atoms with van der Waals surface area (Å²) in [5.74, 6) is 1.95. The van der Waals surface area contributed by atoms with Crippen LogP contribution < -0.4 is 4.74 Å². The molecule has 0 bridgehead atoms. The molecule has 0 N–H and O–H groups in total. The van der Waals surface area contributed by atoms with Gasteiger partial charge in [-0.3, -0.25) is 4.79 Å². The summed E-state index contributed by atoms with van der Waals surface area (Å²) in [6.07, 6.45) is 1.61. The fourth-order valence-corrected chi connectivity index (χ4v) is 2.68. The number of carbonyl (C=O) groups excluding carboxylic acids is 1. The molecule has 2 aromatic heterocycles. The van der Waals surface area contributed by atoms with E-state index in [0.717, 1.165) is 10.9 Å². The smallest absolute Gasteiger partial charge is 0.159 e. The van der Waals surface area contributed by atoms with Gasteiger partial charge >= 0.3 is 0 Å². The average molecular weight is 329 g/mol. The van der Waals surface area contributed by atoms with Gasteiger partial charge in [0.2, 0.25) is 0 Å². The highest BCUT2D eigenvalue weighted by Crippen LogP contribution is 2.33. The first kappa shape index (κ1) is 15.1. The van der Waals surface area contributed by atoms with E-state index in [4.69, 9.17) is 9.15 Å². The molecule has 4 nitrogen and oxygen atoms in total. The molecular formula is C21H15NO3. The molecule has 0 fully saturated rings. The first-order valence-corrected chi connectivity index (χ1v) is 7.93. The quantitative estimate of drug-likeness (QED) is 0.465. The Morgan fingerprint density at radius 1 is 1.00 bits per heavy atom. The third kappa shape index (κ3) is 3.02. The molecule has 0 aliphatic heterocycles. The zero-order chi connectivity index (χ0) is 17.2. The first-order valence-electron chi connectivity index (χ1n) is 7.93. The number of fused-ring (bicyclic) bond motifs is 1. The molecule has 0 atom stereocenters. The van der Waals surface area contributed by atoms with Crippen LogP contribution in [0.1, 0.15) is 17.3 Å². The Bertz CT molecular complexity index is 1050. The number of ketones is 1. The van der Waals surface area contributed by atoms with Crippen LogP contribution in [-0.2, 0) is 0 Å². The molecule has 2 heterocycles. The number of nitrogens with zero attached hydrogens (tertiary/aromatic N) is 1. The van der Waals surface area contributed by atoms with Crippen molar-refractivity contribution in [3.63, 3.8) is 0 Å². The number of Topliss-reactive ketones (excluding diaryl/α,β-unsaturated/α-hetero) is 1. The van der Waals surface area contributed by atoms with Crippen LogP contribution in [-0.4, -0.2) is 10.8 Å². The summed E-state index contributed by atoms with van der Waals surface area (Å²) in [6.45, 7) is 1.54. The molecule has 4 rings (SSSR count). The lowest BCUT2D eigenvalue weighted by Gasteiger charge is -2.11. The Morgan fingerprint density at radius 2 is 1.88 bits per heavy atom. The second-order valence-electron chi connectivity index (χ2n) is 5.69. The molecule has 0 saturated heterocycles. The minimum absolute atomic E-state index is 0.00121. The van der Waals surface area contributed by atoms with Crippen molar-refractivity contribution in [2.45, 2.75) is 6.92 Å². The van der Waals surface area contributed by atoms with Crippen LogP contribution in [0.15, 0.2) is 77.4 Å². The van der Waals surface area contributed by atoms with Gasteiger partial charge in [0.15, 0.2) is 11.5 Å². The molecule has 4 heteroatoms. The zero-order valence-electron chi connectivity index (χ0n) is 13.6. The Balaban J connectivity index is 1.83. The van der Waals surface area contributed by atoms with Crippen molar-refractivity contribution < 1.29 is 13.9 Å². The molecule has 0 saturated carbocycles. The summed E-state index contributed by atoms with van der Waals surface area (Å²) in [5.41, 5.74) is 2.12. The number of aromatic nitrogens is 1. The molecule has 0 aliphatic rings. The topological polar surface area (TPSA) is 52.3 Å². The molecule has 122 valence electrons. The second-order valence-corrected chi connectivity index (χ2v) is 5.69. The van der Waals surface area contributed by atoms with Crippen molar-refractivity contribution >= 4 is 16.7 Å². The molecule has 0 spiro atoms. The van der Waals surface area contributed by atoms with E-state index in [2.05, 4.69) is 4.98 Å². The molecule has 4 aromatic rings. The van der Waals surface area contributed by atoms with Crippen LogP contribution in [0.4, 0.5) is 0 Å². The summed E-state index contributed by atoms with van der Waals surface area (Å²) in [7, 11) is 0. The Hall–Kier alpha value is -3.40. The number of rotatable bonds is 4. The van der Waals surface area contributed by atoms with Gasteiger partial charge < -0.3 is 9.15 Å². The van der Waals surface area contributed by atoms with E-state index in [9.17, 15) is 4.79 Å². The number of pyridine rings is 1. The Morgan fingerprint density at radius 3 is 2.68 bits per heavy atom. The highest BCUT2D eigenvalue weighted by Gasteiger charge is 2.11. The van der Waals surface area contributed by atoms with E-state index < -0.39 is 0 Å². The monoisotopic (exact) mass is 329 g/mol. The van der Waals surface area contributed by atoms with E-state index >= 15 is 0 Å². The van der Waals surface area contributed by atoms with Crippen LogP contribution in [0.3, 0.4) is 0 Å². The summed E-state index contributed by atoms with van der Waals surface area (Å²) < 4.78 is 11.5. The lowest BCUT2D eigenvalue weighted by molar-refractivity contribution is 0.101. The fraction of sp³-hybridized carbons (Fsp3) is 0.0476. The standard InChI is InChI=1S/C21H15NO3/c1-14(23)15-6-4-7-16(12-15)25-21-13-19(20-10-5-11-24-20)22-18-9-3-2-8-17(18)21/h2-13H,1H3. The fourth-order valence-electron chi connectivity index (χ4n) is 2.68. The first-order chi connectivity index (χ1) is 12.2. The second kappa shape index (κ2) is 6.24. The Kier molecular flexibility index (Phi) is 3.78. The van der Waals surface area contributed by atoms with Gasteiger partial charge in [0.1, 0.15) is 17.2 Å². The lowest BCUT2D eigenvalue weighted by Crippen LogP contribution is -1.94. The number of para-hydroxylation sites is 1. The third-order valence-corrected chi connectivity index (χ3v) is 3.92. The summed E-state index contributed by atoms with van der Waals surface area (Å²) >= 11 is 0. The van der Waals surface area contributed by atoms with Crippen LogP contribution >= 0.6 is 0 Å². The van der Waals surface area contributed by atoms with E-state index in [0.29, 0.717) is 28.5 Å². The molecule has 25 heavy (non-hydrogen) atoms.